The van der Waals surface area contributed by atoms with E-state index in [1.165, 1.54) is 24.3 Å². The van der Waals surface area contributed by atoms with Crippen LogP contribution in [0.4, 0.5) is 10.1 Å². The van der Waals surface area contributed by atoms with Gasteiger partial charge in [0.15, 0.2) is 0 Å². The van der Waals surface area contributed by atoms with Gasteiger partial charge in [-0.3, -0.25) is 9.59 Å². The summed E-state index contributed by atoms with van der Waals surface area (Å²) in [7, 11) is 0. The molecule has 2 heterocycles. The zero-order chi connectivity index (χ0) is 29.7. The van der Waals surface area contributed by atoms with Crippen molar-refractivity contribution in [3.05, 3.63) is 52.1 Å². The van der Waals surface area contributed by atoms with E-state index in [9.17, 15) is 14.0 Å². The van der Waals surface area contributed by atoms with Crippen molar-refractivity contribution in [3.63, 3.8) is 0 Å². The van der Waals surface area contributed by atoms with Gasteiger partial charge in [-0.15, -0.1) is 0 Å². The maximum absolute atomic E-state index is 13.8. The highest BCUT2D eigenvalue weighted by Gasteiger charge is 2.26. The Morgan fingerprint density at radius 3 is 2.83 bits per heavy atom. The number of nitrogens with zero attached hydrogens (tertiary/aromatic N) is 1. The predicted molar refractivity (Wildman–Crippen MR) is 113 cm³/mol. The smallest absolute Gasteiger partial charge is 0.256 e. The molecule has 154 valence electrons. The Morgan fingerprint density at radius 2 is 2.10 bits per heavy atom. The number of nitrogens with one attached hydrogen (secondary N) is 3. The first-order chi connectivity index (χ1) is 17.7. The van der Waals surface area contributed by atoms with Crippen molar-refractivity contribution in [2.24, 2.45) is 0 Å². The number of halogens is 1. The maximum Gasteiger partial charge on any atom is 0.256 e. The molecule has 0 atom stereocenters. The first kappa shape index (κ1) is 11.3. The third kappa shape index (κ3) is 4.24. The van der Waals surface area contributed by atoms with Crippen molar-refractivity contribution in [1.29, 1.82) is 0 Å². The summed E-state index contributed by atoms with van der Waals surface area (Å²) in [6, 6.07) is 3.85. The van der Waals surface area contributed by atoms with E-state index in [2.05, 4.69) is 15.6 Å². The average molecular weight is 409 g/mol. The second-order valence-corrected chi connectivity index (χ2v) is 6.50. The zero-order valence-electron chi connectivity index (χ0n) is 25.9. The summed E-state index contributed by atoms with van der Waals surface area (Å²) in [6.07, 6.45) is 1.47. The molecule has 6 nitrogen and oxygen atoms in total. The van der Waals surface area contributed by atoms with Gasteiger partial charge in [0, 0.05) is 49.4 Å². The summed E-state index contributed by atoms with van der Waals surface area (Å²) in [5.74, 6) is -1.67. The van der Waals surface area contributed by atoms with Crippen molar-refractivity contribution in [1.82, 2.24) is 15.2 Å². The number of carbonyl (C=O) groups is 2. The quantitative estimate of drug-likeness (QED) is 0.615. The number of hydrogen-bond acceptors (Lipinski definition) is 3. The third-order valence-electron chi connectivity index (χ3n) is 4.65. The summed E-state index contributed by atoms with van der Waals surface area (Å²) in [4.78, 5) is 28.5. The molecule has 2 amide bonds. The molecule has 0 spiro atoms. The molecule has 1 aromatic carbocycles. The Labute approximate surface area is 184 Å². The molecular formula is C22H27FN4O2. The van der Waals surface area contributed by atoms with E-state index < -0.39 is 57.4 Å². The average Bonchev–Trinajstić information content (AvgIpc) is 3.24. The van der Waals surface area contributed by atoms with Gasteiger partial charge in [0.05, 0.1) is 11.1 Å². The van der Waals surface area contributed by atoms with Gasteiger partial charge in [0.1, 0.15) is 5.82 Å². The van der Waals surface area contributed by atoms with E-state index >= 15 is 0 Å². The number of benzene rings is 1. The molecule has 1 aliphatic heterocycles. The summed E-state index contributed by atoms with van der Waals surface area (Å²) < 4.78 is 90.2. The van der Waals surface area contributed by atoms with Crippen LogP contribution in [0, 0.1) is 19.7 Å². The standard InChI is InChI=1S/C22H27FN4O2/c1-5-27(6-2)10-9-24-22(29)20-13(3)19(25-14(20)4)12-17-16-11-15(23)7-8-18(16)26-21(17)28/h7-8,11-12,25H,5-6,9-10H2,1-4H3,(H,24,29)(H,26,28)/b17-12+/i1D3,2D3,5D2,6D2. The van der Waals surface area contributed by atoms with Crippen LogP contribution < -0.4 is 10.6 Å². The largest absolute Gasteiger partial charge is 0.358 e. The Kier molecular flexibility index (Phi) is 3.36. The topological polar surface area (TPSA) is 77.2 Å². The molecule has 0 saturated carbocycles. The molecule has 0 fully saturated rings. The number of hydrogen-bond donors (Lipinski definition) is 3. The molecular weight excluding hydrogens is 371 g/mol. The van der Waals surface area contributed by atoms with Gasteiger partial charge in [-0.2, -0.15) is 0 Å². The minimum absolute atomic E-state index is 0.0717. The number of aromatic amines is 1. The van der Waals surface area contributed by atoms with Crippen LogP contribution in [0.3, 0.4) is 0 Å². The van der Waals surface area contributed by atoms with E-state index in [0.717, 1.165) is 0 Å². The molecule has 1 aromatic heterocycles. The summed E-state index contributed by atoms with van der Waals surface area (Å²) in [5, 5.41) is 5.08. The van der Waals surface area contributed by atoms with Gasteiger partial charge in [0.25, 0.3) is 11.8 Å². The van der Waals surface area contributed by atoms with Crippen LogP contribution in [0.15, 0.2) is 18.2 Å². The minimum Gasteiger partial charge on any atom is -0.358 e. The van der Waals surface area contributed by atoms with Crippen LogP contribution in [0.5, 0.6) is 0 Å². The first-order valence-corrected chi connectivity index (χ1v) is 8.78. The molecule has 7 heteroatoms. The first-order valence-electron chi connectivity index (χ1n) is 13.8. The third-order valence-corrected chi connectivity index (χ3v) is 4.65. The monoisotopic (exact) mass is 408 g/mol. The number of amides is 2. The van der Waals surface area contributed by atoms with E-state index in [4.69, 9.17) is 13.7 Å². The number of H-pyrrole nitrogens is 1. The van der Waals surface area contributed by atoms with Crippen molar-refractivity contribution in [3.8, 4) is 0 Å². The number of carbonyl (C=O) groups excluding carboxylic acids is 2. The number of aromatic nitrogens is 1. The van der Waals surface area contributed by atoms with Crippen molar-refractivity contribution in [2.75, 3.05) is 31.4 Å². The molecule has 1 aliphatic rings. The summed E-state index contributed by atoms with van der Waals surface area (Å²) in [5.41, 5.74) is 2.32. The van der Waals surface area contributed by atoms with E-state index in [-0.39, 0.29) is 16.0 Å². The van der Waals surface area contributed by atoms with Gasteiger partial charge in [0.2, 0.25) is 0 Å². The molecule has 0 unspecified atom stereocenters. The number of likely N-dealkylation sites (N-methyl/N-ethyl adjacent to an activating group) is 1. The second-order valence-electron chi connectivity index (χ2n) is 6.50. The maximum atomic E-state index is 13.8. The van der Waals surface area contributed by atoms with Crippen LogP contribution in [0.2, 0.25) is 0 Å². The van der Waals surface area contributed by atoms with Gasteiger partial charge >= 0.3 is 0 Å². The number of rotatable bonds is 7. The van der Waals surface area contributed by atoms with Crippen LogP contribution in [-0.4, -0.2) is 47.8 Å². The van der Waals surface area contributed by atoms with E-state index in [1.54, 1.807) is 13.8 Å². The minimum atomic E-state index is -3.39. The lowest BCUT2D eigenvalue weighted by molar-refractivity contribution is -0.110. The van der Waals surface area contributed by atoms with Crippen LogP contribution >= 0.6 is 0 Å². The highest BCUT2D eigenvalue weighted by atomic mass is 19.1. The van der Waals surface area contributed by atoms with Gasteiger partial charge < -0.3 is 20.5 Å². The zero-order valence-corrected chi connectivity index (χ0v) is 15.9. The van der Waals surface area contributed by atoms with Crippen molar-refractivity contribution in [2.45, 2.75) is 27.6 Å². The Morgan fingerprint density at radius 1 is 1.34 bits per heavy atom. The fraction of sp³-hybridized carbons (Fsp3) is 0.364. The molecule has 3 N–H and O–H groups in total. The van der Waals surface area contributed by atoms with Crippen LogP contribution in [0.1, 0.15) is 60.3 Å². The lowest BCUT2D eigenvalue weighted by Gasteiger charge is -2.18. The molecule has 0 aliphatic carbocycles. The van der Waals surface area contributed by atoms with Gasteiger partial charge in [-0.25, -0.2) is 4.39 Å². The fourth-order valence-electron chi connectivity index (χ4n) is 3.22. The Bertz CT molecular complexity index is 1310. The molecule has 0 saturated heterocycles. The molecule has 3 rings (SSSR count). The second kappa shape index (κ2) is 8.61. The Hall–Kier alpha value is -2.93. The van der Waals surface area contributed by atoms with Gasteiger partial charge in [-0.05, 0) is 56.7 Å². The van der Waals surface area contributed by atoms with E-state index in [1.807, 2.05) is 0 Å². The highest BCUT2D eigenvalue weighted by molar-refractivity contribution is 6.34. The predicted octanol–water partition coefficient (Wildman–Crippen LogP) is 3.33. The van der Waals surface area contributed by atoms with Crippen molar-refractivity contribution >= 4 is 29.2 Å². The van der Waals surface area contributed by atoms with E-state index in [0.29, 0.717) is 28.2 Å². The van der Waals surface area contributed by atoms with Gasteiger partial charge in [-0.1, -0.05) is 13.7 Å². The highest BCUT2D eigenvalue weighted by Crippen LogP contribution is 2.34. The lowest BCUT2D eigenvalue weighted by Crippen LogP contribution is -2.35. The summed E-state index contributed by atoms with van der Waals surface area (Å²) in [6.45, 7) is -11.6. The molecule has 0 bridgehead atoms. The number of anilines is 1. The molecule has 29 heavy (non-hydrogen) atoms. The van der Waals surface area contributed by atoms with Crippen LogP contribution in [0.25, 0.3) is 11.6 Å². The normalized spacial score (nSPS) is 21.4. The molecule has 0 radical (unpaired) electrons. The lowest BCUT2D eigenvalue weighted by atomic mass is 10.0. The summed E-state index contributed by atoms with van der Waals surface area (Å²) >= 11 is 0. The fourth-order valence-corrected chi connectivity index (χ4v) is 3.22. The van der Waals surface area contributed by atoms with Crippen molar-refractivity contribution < 1.29 is 27.7 Å². The SMILES string of the molecule is [2H]C([2H])([2H])C([2H])([2H])N(CCNC(=O)c1c(C)[nH]c(/C=C2/C(=O)Nc3ccc(F)cc32)c1C)C([2H])([2H])C([2H])([2H])[2H]. The number of fused-ring (bicyclic) bond motifs is 1. The van der Waals surface area contributed by atoms with Crippen LogP contribution in [-0.2, 0) is 4.79 Å². The Balaban J connectivity index is 1.85. The molecule has 2 aromatic rings. The number of aryl methyl sites for hydroxylation is 1.